The van der Waals surface area contributed by atoms with Crippen LogP contribution in [0.3, 0.4) is 0 Å². The van der Waals surface area contributed by atoms with Crippen LogP contribution in [0.15, 0.2) is 36.7 Å². The van der Waals surface area contributed by atoms with Gasteiger partial charge in [-0.25, -0.2) is 4.98 Å². The van der Waals surface area contributed by atoms with Gasteiger partial charge in [-0.2, -0.15) is 0 Å². The summed E-state index contributed by atoms with van der Waals surface area (Å²) in [6.07, 6.45) is 5.99. The SMILES string of the molecule is Cc1ccc(-c2nc3cnccc3n2C2CC2)cc1O. The average molecular weight is 265 g/mol. The monoisotopic (exact) mass is 265 g/mol. The molecular weight excluding hydrogens is 250 g/mol. The predicted octanol–water partition coefficient (Wildman–Crippen LogP) is 3.45. The molecule has 4 heteroatoms. The second kappa shape index (κ2) is 4.07. The standard InChI is InChI=1S/C16H15N3O/c1-10-2-3-11(8-15(10)20)16-18-13-9-17-7-6-14(13)19(16)12-4-5-12/h2-3,6-9,12,20H,4-5H2,1H3. The summed E-state index contributed by atoms with van der Waals surface area (Å²) in [4.78, 5) is 8.85. The Morgan fingerprint density at radius 2 is 2.10 bits per heavy atom. The van der Waals surface area contributed by atoms with Crippen LogP contribution in [0.5, 0.6) is 5.75 Å². The second-order valence-corrected chi connectivity index (χ2v) is 5.40. The van der Waals surface area contributed by atoms with E-state index in [-0.39, 0.29) is 0 Å². The summed E-state index contributed by atoms with van der Waals surface area (Å²) < 4.78 is 2.28. The van der Waals surface area contributed by atoms with Crippen LogP contribution in [0.2, 0.25) is 0 Å². The molecule has 1 saturated carbocycles. The first-order chi connectivity index (χ1) is 9.74. The molecule has 0 unspecified atom stereocenters. The number of benzene rings is 1. The minimum absolute atomic E-state index is 0.315. The molecule has 2 aromatic heterocycles. The molecule has 1 aliphatic carbocycles. The van der Waals surface area contributed by atoms with Gasteiger partial charge in [-0.05, 0) is 37.5 Å². The summed E-state index contributed by atoms with van der Waals surface area (Å²) in [5, 5.41) is 9.93. The molecule has 0 radical (unpaired) electrons. The summed E-state index contributed by atoms with van der Waals surface area (Å²) in [5.74, 6) is 1.24. The molecule has 100 valence electrons. The van der Waals surface area contributed by atoms with Crippen molar-refractivity contribution in [1.29, 1.82) is 0 Å². The van der Waals surface area contributed by atoms with Gasteiger partial charge in [0.05, 0.1) is 11.7 Å². The van der Waals surface area contributed by atoms with E-state index in [4.69, 9.17) is 4.98 Å². The summed E-state index contributed by atoms with van der Waals surface area (Å²) in [6.45, 7) is 1.90. The molecular formula is C16H15N3O. The summed E-state index contributed by atoms with van der Waals surface area (Å²) in [6, 6.07) is 8.28. The van der Waals surface area contributed by atoms with Gasteiger partial charge in [-0.3, -0.25) is 4.98 Å². The smallest absolute Gasteiger partial charge is 0.141 e. The molecule has 0 aliphatic heterocycles. The second-order valence-electron chi connectivity index (χ2n) is 5.40. The highest BCUT2D eigenvalue weighted by molar-refractivity contribution is 5.80. The van der Waals surface area contributed by atoms with Crippen LogP contribution in [0, 0.1) is 6.92 Å². The lowest BCUT2D eigenvalue weighted by atomic mass is 10.1. The number of phenolic OH excluding ortho intramolecular Hbond substituents is 1. The van der Waals surface area contributed by atoms with E-state index >= 15 is 0 Å². The van der Waals surface area contributed by atoms with Crippen molar-refractivity contribution in [3.8, 4) is 17.1 Å². The number of phenols is 1. The van der Waals surface area contributed by atoms with E-state index in [2.05, 4.69) is 9.55 Å². The number of nitrogens with zero attached hydrogens (tertiary/aromatic N) is 3. The molecule has 1 aliphatic rings. The minimum Gasteiger partial charge on any atom is -0.508 e. The highest BCUT2D eigenvalue weighted by Crippen LogP contribution is 2.41. The normalized spacial score (nSPS) is 14.8. The van der Waals surface area contributed by atoms with Crippen molar-refractivity contribution in [2.24, 2.45) is 0 Å². The van der Waals surface area contributed by atoms with E-state index < -0.39 is 0 Å². The molecule has 1 N–H and O–H groups in total. The van der Waals surface area contributed by atoms with E-state index in [1.54, 1.807) is 18.5 Å². The van der Waals surface area contributed by atoms with Crippen molar-refractivity contribution in [3.63, 3.8) is 0 Å². The van der Waals surface area contributed by atoms with Gasteiger partial charge in [0.15, 0.2) is 0 Å². The summed E-state index contributed by atoms with van der Waals surface area (Å²) in [5.41, 5.74) is 3.87. The zero-order valence-corrected chi connectivity index (χ0v) is 11.2. The number of aromatic nitrogens is 3. The van der Waals surface area contributed by atoms with Gasteiger partial charge < -0.3 is 9.67 Å². The van der Waals surface area contributed by atoms with E-state index in [0.29, 0.717) is 11.8 Å². The molecule has 0 amide bonds. The van der Waals surface area contributed by atoms with Crippen molar-refractivity contribution in [2.45, 2.75) is 25.8 Å². The highest BCUT2D eigenvalue weighted by atomic mass is 16.3. The first-order valence-corrected chi connectivity index (χ1v) is 6.86. The van der Waals surface area contributed by atoms with Gasteiger partial charge in [-0.15, -0.1) is 0 Å². The van der Waals surface area contributed by atoms with Crippen molar-refractivity contribution < 1.29 is 5.11 Å². The number of hydrogen-bond donors (Lipinski definition) is 1. The molecule has 3 aromatic rings. The van der Waals surface area contributed by atoms with Crippen LogP contribution >= 0.6 is 0 Å². The maximum atomic E-state index is 9.93. The van der Waals surface area contributed by atoms with E-state index in [1.165, 1.54) is 12.8 Å². The number of aromatic hydroxyl groups is 1. The van der Waals surface area contributed by atoms with Gasteiger partial charge >= 0.3 is 0 Å². The van der Waals surface area contributed by atoms with Crippen LogP contribution in [0.25, 0.3) is 22.4 Å². The number of hydrogen-bond acceptors (Lipinski definition) is 3. The Balaban J connectivity index is 1.98. The first kappa shape index (κ1) is 11.5. The molecule has 0 saturated heterocycles. The number of imidazole rings is 1. The Bertz CT molecular complexity index is 803. The number of rotatable bonds is 2. The van der Waals surface area contributed by atoms with Gasteiger partial charge in [0, 0.05) is 17.8 Å². The van der Waals surface area contributed by atoms with Crippen molar-refractivity contribution in [2.75, 3.05) is 0 Å². The first-order valence-electron chi connectivity index (χ1n) is 6.86. The van der Waals surface area contributed by atoms with Crippen LogP contribution in [0.4, 0.5) is 0 Å². The van der Waals surface area contributed by atoms with Crippen LogP contribution in [0.1, 0.15) is 24.4 Å². The molecule has 1 aromatic carbocycles. The van der Waals surface area contributed by atoms with Gasteiger partial charge in [0.2, 0.25) is 0 Å². The molecule has 0 atom stereocenters. The Labute approximate surface area is 116 Å². The van der Waals surface area contributed by atoms with Crippen molar-refractivity contribution in [1.82, 2.24) is 14.5 Å². The van der Waals surface area contributed by atoms with Gasteiger partial charge in [0.25, 0.3) is 0 Å². The Morgan fingerprint density at radius 1 is 1.25 bits per heavy atom. The lowest BCUT2D eigenvalue weighted by Gasteiger charge is -2.08. The highest BCUT2D eigenvalue weighted by Gasteiger charge is 2.28. The fraction of sp³-hybridized carbons (Fsp3) is 0.250. The van der Waals surface area contributed by atoms with Crippen LogP contribution in [-0.4, -0.2) is 19.6 Å². The number of aryl methyl sites for hydroxylation is 1. The Kier molecular flexibility index (Phi) is 2.33. The number of pyridine rings is 1. The third-order valence-corrected chi connectivity index (χ3v) is 3.87. The quantitative estimate of drug-likeness (QED) is 0.772. The minimum atomic E-state index is 0.315. The van der Waals surface area contributed by atoms with E-state index in [1.807, 2.05) is 25.1 Å². The third kappa shape index (κ3) is 1.68. The third-order valence-electron chi connectivity index (χ3n) is 3.87. The van der Waals surface area contributed by atoms with Gasteiger partial charge in [0.1, 0.15) is 17.1 Å². The summed E-state index contributed by atoms with van der Waals surface area (Å²) in [7, 11) is 0. The summed E-state index contributed by atoms with van der Waals surface area (Å²) >= 11 is 0. The fourth-order valence-electron chi connectivity index (χ4n) is 2.61. The topological polar surface area (TPSA) is 50.9 Å². The fourth-order valence-corrected chi connectivity index (χ4v) is 2.61. The van der Waals surface area contributed by atoms with E-state index in [0.717, 1.165) is 28.0 Å². The maximum Gasteiger partial charge on any atom is 0.141 e. The zero-order chi connectivity index (χ0) is 13.7. The maximum absolute atomic E-state index is 9.93. The Morgan fingerprint density at radius 3 is 2.85 bits per heavy atom. The van der Waals surface area contributed by atoms with Crippen LogP contribution in [-0.2, 0) is 0 Å². The predicted molar refractivity (Wildman–Crippen MR) is 77.6 cm³/mol. The van der Waals surface area contributed by atoms with Crippen molar-refractivity contribution >= 4 is 11.0 Å². The molecule has 4 nitrogen and oxygen atoms in total. The lowest BCUT2D eigenvalue weighted by Crippen LogP contribution is -1.97. The average Bonchev–Trinajstić information content (AvgIpc) is 3.22. The largest absolute Gasteiger partial charge is 0.508 e. The van der Waals surface area contributed by atoms with E-state index in [9.17, 15) is 5.11 Å². The molecule has 0 spiro atoms. The van der Waals surface area contributed by atoms with Crippen molar-refractivity contribution in [3.05, 3.63) is 42.2 Å². The van der Waals surface area contributed by atoms with Gasteiger partial charge in [-0.1, -0.05) is 12.1 Å². The zero-order valence-electron chi connectivity index (χ0n) is 11.2. The molecule has 1 fully saturated rings. The Hall–Kier alpha value is -2.36. The number of fused-ring (bicyclic) bond motifs is 1. The lowest BCUT2D eigenvalue weighted by molar-refractivity contribution is 0.471. The van der Waals surface area contributed by atoms with Crippen LogP contribution < -0.4 is 0 Å². The molecule has 4 rings (SSSR count). The molecule has 0 bridgehead atoms. The molecule has 2 heterocycles. The molecule has 20 heavy (non-hydrogen) atoms.